The molecule has 1 aromatic heterocycles. The van der Waals surface area contributed by atoms with Crippen molar-refractivity contribution in [3.8, 4) is 17.1 Å². The number of aryl methyl sites for hydroxylation is 2. The molecular weight excluding hydrogens is 444 g/mol. The van der Waals surface area contributed by atoms with Crippen molar-refractivity contribution < 1.29 is 9.53 Å². The van der Waals surface area contributed by atoms with Gasteiger partial charge in [-0.1, -0.05) is 42.0 Å². The highest BCUT2D eigenvalue weighted by Crippen LogP contribution is 2.24. The van der Waals surface area contributed by atoms with Gasteiger partial charge in [-0.25, -0.2) is 0 Å². The highest BCUT2D eigenvalue weighted by Gasteiger charge is 2.23. The van der Waals surface area contributed by atoms with Gasteiger partial charge in [-0.05, 0) is 75.4 Å². The van der Waals surface area contributed by atoms with Crippen molar-refractivity contribution in [2.75, 3.05) is 19.7 Å². The molecule has 3 aromatic rings. The van der Waals surface area contributed by atoms with Crippen LogP contribution in [0, 0.1) is 17.6 Å². The van der Waals surface area contributed by atoms with E-state index >= 15 is 0 Å². The van der Waals surface area contributed by atoms with E-state index in [0.29, 0.717) is 30.3 Å². The Labute approximate surface area is 207 Å². The molecule has 1 N–H and O–H groups in total. The van der Waals surface area contributed by atoms with Crippen LogP contribution >= 0.6 is 12.2 Å². The number of aromatic amines is 1. The number of rotatable bonds is 9. The van der Waals surface area contributed by atoms with Crippen molar-refractivity contribution in [3.63, 3.8) is 0 Å². The van der Waals surface area contributed by atoms with Gasteiger partial charge in [0.15, 0.2) is 10.6 Å². The summed E-state index contributed by atoms with van der Waals surface area (Å²) < 4.78 is 8.01. The maximum atomic E-state index is 12.9. The first kappa shape index (κ1) is 24.2. The summed E-state index contributed by atoms with van der Waals surface area (Å²) in [6.45, 7) is 6.97. The van der Waals surface area contributed by atoms with E-state index in [1.807, 2.05) is 28.5 Å². The maximum absolute atomic E-state index is 12.9. The fourth-order valence-corrected chi connectivity index (χ4v) is 4.80. The second-order valence-electron chi connectivity index (χ2n) is 9.06. The van der Waals surface area contributed by atoms with E-state index in [1.165, 1.54) is 17.5 Å². The third-order valence-corrected chi connectivity index (χ3v) is 6.97. The highest BCUT2D eigenvalue weighted by atomic mass is 32.1. The lowest BCUT2D eigenvalue weighted by Crippen LogP contribution is -2.38. The summed E-state index contributed by atoms with van der Waals surface area (Å²) in [4.78, 5) is 14.9. The van der Waals surface area contributed by atoms with Gasteiger partial charge in [0, 0.05) is 31.6 Å². The quantitative estimate of drug-likeness (QED) is 0.408. The van der Waals surface area contributed by atoms with E-state index in [1.54, 1.807) is 0 Å². The standard InChI is InChI=1S/C27H34N4O2S/c1-3-33-24-12-8-21(9-13-24)6-7-22-14-17-30(18-15-22)25(32)16-19-31-26(28-29-27(31)34)23-10-4-20(2)5-11-23/h4-5,8-13,22H,3,6-7,14-19H2,1-2H3,(H,29,34). The molecule has 0 bridgehead atoms. The summed E-state index contributed by atoms with van der Waals surface area (Å²) in [5.74, 6) is 2.58. The number of nitrogens with one attached hydrogen (secondary N) is 1. The molecule has 0 radical (unpaired) electrons. The summed E-state index contributed by atoms with van der Waals surface area (Å²) in [5, 5.41) is 7.27. The van der Waals surface area contributed by atoms with Crippen molar-refractivity contribution in [2.24, 2.45) is 5.92 Å². The van der Waals surface area contributed by atoms with Gasteiger partial charge in [0.05, 0.1) is 6.61 Å². The molecule has 0 unspecified atom stereocenters. The lowest BCUT2D eigenvalue weighted by molar-refractivity contribution is -0.132. The molecule has 2 heterocycles. The number of carbonyl (C=O) groups excluding carboxylic acids is 1. The summed E-state index contributed by atoms with van der Waals surface area (Å²) >= 11 is 5.43. The second-order valence-corrected chi connectivity index (χ2v) is 9.45. The highest BCUT2D eigenvalue weighted by molar-refractivity contribution is 7.71. The van der Waals surface area contributed by atoms with E-state index in [4.69, 9.17) is 17.0 Å². The topological polar surface area (TPSA) is 63.1 Å². The molecule has 6 nitrogen and oxygen atoms in total. The minimum Gasteiger partial charge on any atom is -0.494 e. The molecule has 34 heavy (non-hydrogen) atoms. The van der Waals surface area contributed by atoms with Gasteiger partial charge in [0.25, 0.3) is 0 Å². The number of aromatic nitrogens is 3. The van der Waals surface area contributed by atoms with Crippen molar-refractivity contribution >= 4 is 18.1 Å². The molecule has 1 aliphatic rings. The lowest BCUT2D eigenvalue weighted by Gasteiger charge is -2.32. The Morgan fingerprint density at radius 3 is 2.50 bits per heavy atom. The van der Waals surface area contributed by atoms with Crippen LogP contribution in [0.5, 0.6) is 5.75 Å². The minimum absolute atomic E-state index is 0.197. The summed E-state index contributed by atoms with van der Waals surface area (Å²) in [7, 11) is 0. The molecule has 1 saturated heterocycles. The third kappa shape index (κ3) is 6.14. The average Bonchev–Trinajstić information content (AvgIpc) is 3.23. The molecule has 0 saturated carbocycles. The Kier molecular flexibility index (Phi) is 8.16. The van der Waals surface area contributed by atoms with Crippen LogP contribution < -0.4 is 4.74 Å². The van der Waals surface area contributed by atoms with Gasteiger partial charge in [0.2, 0.25) is 5.91 Å². The predicted molar refractivity (Wildman–Crippen MR) is 137 cm³/mol. The smallest absolute Gasteiger partial charge is 0.224 e. The van der Waals surface area contributed by atoms with Crippen molar-refractivity contribution in [3.05, 3.63) is 64.4 Å². The van der Waals surface area contributed by atoms with E-state index in [9.17, 15) is 4.79 Å². The Bertz CT molecular complexity index is 1130. The zero-order valence-corrected chi connectivity index (χ0v) is 20.9. The van der Waals surface area contributed by atoms with E-state index in [-0.39, 0.29) is 5.91 Å². The normalized spacial score (nSPS) is 14.4. The number of benzene rings is 2. The molecule has 1 fully saturated rings. The fourth-order valence-electron chi connectivity index (χ4n) is 4.57. The van der Waals surface area contributed by atoms with Crippen LogP contribution in [0.15, 0.2) is 48.5 Å². The van der Waals surface area contributed by atoms with Crippen LogP contribution in [0.25, 0.3) is 11.4 Å². The number of likely N-dealkylation sites (tertiary alicyclic amines) is 1. The monoisotopic (exact) mass is 478 g/mol. The molecule has 0 aliphatic carbocycles. The van der Waals surface area contributed by atoms with Gasteiger partial charge in [0.1, 0.15) is 5.75 Å². The van der Waals surface area contributed by atoms with Gasteiger partial charge >= 0.3 is 0 Å². The number of piperidine rings is 1. The van der Waals surface area contributed by atoms with Crippen LogP contribution in [0.3, 0.4) is 0 Å². The third-order valence-electron chi connectivity index (χ3n) is 6.66. The van der Waals surface area contributed by atoms with Crippen LogP contribution in [0.2, 0.25) is 0 Å². The van der Waals surface area contributed by atoms with E-state index < -0.39 is 0 Å². The molecule has 1 amide bonds. The zero-order valence-electron chi connectivity index (χ0n) is 20.1. The first-order chi connectivity index (χ1) is 16.5. The largest absolute Gasteiger partial charge is 0.494 e. The summed E-state index contributed by atoms with van der Waals surface area (Å²) in [6, 6.07) is 16.6. The lowest BCUT2D eigenvalue weighted by atomic mass is 9.90. The van der Waals surface area contributed by atoms with E-state index in [2.05, 4.69) is 53.5 Å². The predicted octanol–water partition coefficient (Wildman–Crippen LogP) is 5.58. The fraction of sp³-hybridized carbons (Fsp3) is 0.444. The average molecular weight is 479 g/mol. The maximum Gasteiger partial charge on any atom is 0.224 e. The number of hydrogen-bond donors (Lipinski definition) is 1. The van der Waals surface area contributed by atoms with Crippen LogP contribution in [0.4, 0.5) is 0 Å². The number of amides is 1. The SMILES string of the molecule is CCOc1ccc(CCC2CCN(C(=O)CCn3c(-c4ccc(C)cc4)n[nH]c3=S)CC2)cc1. The molecule has 0 spiro atoms. The molecule has 4 rings (SSSR count). The number of ether oxygens (including phenoxy) is 1. The Morgan fingerprint density at radius 2 is 1.82 bits per heavy atom. The van der Waals surface area contributed by atoms with Gasteiger partial charge in [-0.15, -0.1) is 0 Å². The molecule has 180 valence electrons. The van der Waals surface area contributed by atoms with Gasteiger partial charge < -0.3 is 9.64 Å². The molecule has 1 aliphatic heterocycles. The zero-order chi connectivity index (χ0) is 23.9. The first-order valence-corrected chi connectivity index (χ1v) is 12.7. The minimum atomic E-state index is 0.197. The number of hydrogen-bond acceptors (Lipinski definition) is 4. The number of nitrogens with zero attached hydrogens (tertiary/aromatic N) is 3. The molecular formula is C27H34N4O2S. The van der Waals surface area contributed by atoms with Gasteiger partial charge in [-0.2, -0.15) is 5.10 Å². The Morgan fingerprint density at radius 1 is 1.12 bits per heavy atom. The first-order valence-electron chi connectivity index (χ1n) is 12.2. The summed E-state index contributed by atoms with van der Waals surface area (Å²) in [5.41, 5.74) is 3.55. The Balaban J connectivity index is 1.24. The number of carbonyl (C=O) groups is 1. The molecule has 7 heteroatoms. The van der Waals surface area contributed by atoms with Crippen LogP contribution in [0.1, 0.15) is 43.7 Å². The van der Waals surface area contributed by atoms with Crippen LogP contribution in [-0.2, 0) is 17.8 Å². The van der Waals surface area contributed by atoms with Gasteiger partial charge in [-0.3, -0.25) is 14.5 Å². The summed E-state index contributed by atoms with van der Waals surface area (Å²) in [6.07, 6.45) is 4.82. The van der Waals surface area contributed by atoms with E-state index in [0.717, 1.165) is 49.5 Å². The van der Waals surface area contributed by atoms with Crippen molar-refractivity contribution in [2.45, 2.75) is 52.5 Å². The Hall–Kier alpha value is -2.93. The van der Waals surface area contributed by atoms with Crippen molar-refractivity contribution in [1.82, 2.24) is 19.7 Å². The molecule has 0 atom stereocenters. The molecule has 2 aromatic carbocycles. The van der Waals surface area contributed by atoms with Crippen molar-refractivity contribution in [1.29, 1.82) is 0 Å². The number of H-pyrrole nitrogens is 1. The second kappa shape index (κ2) is 11.5. The van der Waals surface area contributed by atoms with Crippen LogP contribution in [-0.4, -0.2) is 45.3 Å².